The number of ether oxygens (including phenoxy) is 1. The minimum absolute atomic E-state index is 0.235. The molecule has 1 atom stereocenters. The molecule has 28 heavy (non-hydrogen) atoms. The summed E-state index contributed by atoms with van der Waals surface area (Å²) in [6.07, 6.45) is 0. The number of nitrogens with one attached hydrogen (secondary N) is 2. The first kappa shape index (κ1) is 19.8. The predicted octanol–water partition coefficient (Wildman–Crippen LogP) is 4.49. The summed E-state index contributed by atoms with van der Waals surface area (Å²) in [5.74, 6) is -0.681. The first-order chi connectivity index (χ1) is 13.7. The zero-order chi connectivity index (χ0) is 19.9. The topological polar surface area (TPSA) is 67.4 Å². The van der Waals surface area contributed by atoms with E-state index in [1.165, 1.54) is 11.3 Å². The number of esters is 1. The molecule has 0 bridgehead atoms. The van der Waals surface area contributed by atoms with Crippen LogP contribution in [0.4, 0.5) is 5.00 Å². The van der Waals surface area contributed by atoms with E-state index in [2.05, 4.69) is 10.6 Å². The molecule has 1 aromatic heterocycles. The van der Waals surface area contributed by atoms with Crippen LogP contribution >= 0.6 is 11.3 Å². The number of thiophene rings is 1. The van der Waals surface area contributed by atoms with Crippen LogP contribution in [0, 0.1) is 0 Å². The number of amides is 1. The maximum absolute atomic E-state index is 12.9. The number of anilines is 1. The maximum atomic E-state index is 12.9. The van der Waals surface area contributed by atoms with Gasteiger partial charge in [0.05, 0.1) is 6.61 Å². The molecule has 1 amide bonds. The van der Waals surface area contributed by atoms with Gasteiger partial charge in [0.15, 0.2) is 0 Å². The molecular formula is C22H22N2O3S. The Balaban J connectivity index is 1.94. The lowest BCUT2D eigenvalue weighted by Crippen LogP contribution is -2.30. The Kier molecular flexibility index (Phi) is 6.57. The van der Waals surface area contributed by atoms with E-state index in [0.29, 0.717) is 10.6 Å². The van der Waals surface area contributed by atoms with Gasteiger partial charge in [-0.1, -0.05) is 60.7 Å². The van der Waals surface area contributed by atoms with Gasteiger partial charge >= 0.3 is 5.97 Å². The van der Waals surface area contributed by atoms with E-state index in [-0.39, 0.29) is 12.5 Å². The fourth-order valence-corrected chi connectivity index (χ4v) is 3.92. The van der Waals surface area contributed by atoms with Gasteiger partial charge in [-0.2, -0.15) is 0 Å². The third-order valence-electron chi connectivity index (χ3n) is 4.28. The maximum Gasteiger partial charge on any atom is 0.341 e. The first-order valence-electron chi connectivity index (χ1n) is 9.02. The van der Waals surface area contributed by atoms with Gasteiger partial charge in [0.2, 0.25) is 5.91 Å². The van der Waals surface area contributed by atoms with Crippen molar-refractivity contribution in [2.45, 2.75) is 13.0 Å². The molecular weight excluding hydrogens is 372 g/mol. The average molecular weight is 394 g/mol. The van der Waals surface area contributed by atoms with Gasteiger partial charge in [0.25, 0.3) is 0 Å². The molecule has 0 spiro atoms. The number of hydrogen-bond donors (Lipinski definition) is 2. The zero-order valence-electron chi connectivity index (χ0n) is 15.8. The Morgan fingerprint density at radius 2 is 1.68 bits per heavy atom. The monoisotopic (exact) mass is 394 g/mol. The predicted molar refractivity (Wildman–Crippen MR) is 113 cm³/mol. The second-order valence-corrected chi connectivity index (χ2v) is 6.94. The summed E-state index contributed by atoms with van der Waals surface area (Å²) in [4.78, 5) is 25.5. The Bertz CT molecular complexity index is 939. The average Bonchev–Trinajstić information content (AvgIpc) is 3.14. The summed E-state index contributed by atoms with van der Waals surface area (Å²) in [6, 6.07) is 18.5. The minimum Gasteiger partial charge on any atom is -0.462 e. The van der Waals surface area contributed by atoms with Crippen LogP contribution in [0.15, 0.2) is 66.0 Å². The van der Waals surface area contributed by atoms with E-state index in [4.69, 9.17) is 4.74 Å². The highest BCUT2D eigenvalue weighted by molar-refractivity contribution is 7.15. The number of carbonyl (C=O) groups is 2. The largest absolute Gasteiger partial charge is 0.462 e. The third-order valence-corrected chi connectivity index (χ3v) is 5.17. The number of hydrogen-bond acceptors (Lipinski definition) is 5. The Hall–Kier alpha value is -2.96. The number of benzene rings is 2. The van der Waals surface area contributed by atoms with E-state index in [1.807, 2.05) is 66.0 Å². The number of likely N-dealkylation sites (N-methyl/N-ethyl adjacent to an activating group) is 1. The van der Waals surface area contributed by atoms with Crippen LogP contribution < -0.4 is 10.6 Å². The summed E-state index contributed by atoms with van der Waals surface area (Å²) in [6.45, 7) is 2.02. The smallest absolute Gasteiger partial charge is 0.341 e. The van der Waals surface area contributed by atoms with Crippen molar-refractivity contribution in [1.29, 1.82) is 0 Å². The molecule has 0 saturated heterocycles. The molecule has 1 heterocycles. The SMILES string of the molecule is CCOC(=O)c1c(-c2ccccc2)csc1NC(=O)[C@H](NC)c1ccccc1. The molecule has 6 heteroatoms. The van der Waals surface area contributed by atoms with E-state index in [0.717, 1.165) is 16.7 Å². The standard InChI is InChI=1S/C22H22N2O3S/c1-3-27-22(26)18-17(15-10-6-4-7-11-15)14-28-21(18)24-20(25)19(23-2)16-12-8-5-9-13-16/h4-14,19,23H,3H2,1-2H3,(H,24,25)/t19-/m1/s1. The lowest BCUT2D eigenvalue weighted by atomic mass is 10.0. The number of carbonyl (C=O) groups excluding carboxylic acids is 2. The summed E-state index contributed by atoms with van der Waals surface area (Å²) in [5.41, 5.74) is 2.88. The van der Waals surface area contributed by atoms with Crippen LogP contribution in [-0.2, 0) is 9.53 Å². The highest BCUT2D eigenvalue weighted by atomic mass is 32.1. The summed E-state index contributed by atoms with van der Waals surface area (Å²) < 4.78 is 5.24. The van der Waals surface area contributed by atoms with Crippen molar-refractivity contribution in [3.63, 3.8) is 0 Å². The summed E-state index contributed by atoms with van der Waals surface area (Å²) >= 11 is 1.32. The van der Waals surface area contributed by atoms with Gasteiger partial charge in [0.1, 0.15) is 16.6 Å². The second kappa shape index (κ2) is 9.30. The molecule has 0 fully saturated rings. The van der Waals surface area contributed by atoms with Crippen molar-refractivity contribution in [1.82, 2.24) is 5.32 Å². The van der Waals surface area contributed by atoms with Gasteiger partial charge < -0.3 is 15.4 Å². The second-order valence-electron chi connectivity index (χ2n) is 6.06. The molecule has 5 nitrogen and oxygen atoms in total. The van der Waals surface area contributed by atoms with Crippen molar-refractivity contribution in [2.75, 3.05) is 19.0 Å². The van der Waals surface area contributed by atoms with Gasteiger partial charge in [0, 0.05) is 10.9 Å². The van der Waals surface area contributed by atoms with Gasteiger partial charge in [-0.25, -0.2) is 4.79 Å². The molecule has 3 rings (SSSR count). The van der Waals surface area contributed by atoms with Crippen LogP contribution in [0.2, 0.25) is 0 Å². The van der Waals surface area contributed by atoms with Crippen molar-refractivity contribution in [2.24, 2.45) is 0 Å². The Morgan fingerprint density at radius 3 is 2.29 bits per heavy atom. The van der Waals surface area contributed by atoms with Crippen LogP contribution in [-0.4, -0.2) is 25.5 Å². The molecule has 0 aliphatic heterocycles. The molecule has 0 unspecified atom stereocenters. The fourth-order valence-electron chi connectivity index (χ4n) is 2.96. The lowest BCUT2D eigenvalue weighted by Gasteiger charge is -2.16. The lowest BCUT2D eigenvalue weighted by molar-refractivity contribution is -0.118. The first-order valence-corrected chi connectivity index (χ1v) is 9.90. The van der Waals surface area contributed by atoms with Crippen molar-refractivity contribution < 1.29 is 14.3 Å². The molecule has 2 aromatic carbocycles. The Morgan fingerprint density at radius 1 is 1.04 bits per heavy atom. The molecule has 3 aromatic rings. The number of rotatable bonds is 7. The quantitative estimate of drug-likeness (QED) is 0.580. The highest BCUT2D eigenvalue weighted by Gasteiger charge is 2.25. The van der Waals surface area contributed by atoms with Crippen molar-refractivity contribution >= 4 is 28.2 Å². The minimum atomic E-state index is -0.529. The van der Waals surface area contributed by atoms with Gasteiger partial charge in [-0.05, 0) is 25.1 Å². The fraction of sp³-hybridized carbons (Fsp3) is 0.182. The normalized spacial score (nSPS) is 11.6. The van der Waals surface area contributed by atoms with E-state index >= 15 is 0 Å². The van der Waals surface area contributed by atoms with Crippen LogP contribution in [0.25, 0.3) is 11.1 Å². The van der Waals surface area contributed by atoms with E-state index in [9.17, 15) is 9.59 Å². The highest BCUT2D eigenvalue weighted by Crippen LogP contribution is 2.36. The molecule has 0 radical (unpaired) electrons. The van der Waals surface area contributed by atoms with Crippen LogP contribution in [0.1, 0.15) is 28.9 Å². The van der Waals surface area contributed by atoms with Crippen LogP contribution in [0.5, 0.6) is 0 Å². The molecule has 0 aliphatic rings. The summed E-state index contributed by atoms with van der Waals surface area (Å²) in [5, 5.41) is 8.29. The van der Waals surface area contributed by atoms with Gasteiger partial charge in [-0.3, -0.25) is 4.79 Å². The third kappa shape index (κ3) is 4.30. The van der Waals surface area contributed by atoms with E-state index < -0.39 is 12.0 Å². The summed E-state index contributed by atoms with van der Waals surface area (Å²) in [7, 11) is 1.73. The van der Waals surface area contributed by atoms with E-state index in [1.54, 1.807) is 14.0 Å². The molecule has 144 valence electrons. The molecule has 2 N–H and O–H groups in total. The molecule has 0 saturated carbocycles. The zero-order valence-corrected chi connectivity index (χ0v) is 16.6. The van der Waals surface area contributed by atoms with Crippen molar-refractivity contribution in [3.8, 4) is 11.1 Å². The van der Waals surface area contributed by atoms with Crippen LogP contribution in [0.3, 0.4) is 0 Å². The van der Waals surface area contributed by atoms with Crippen molar-refractivity contribution in [3.05, 3.63) is 77.2 Å². The Labute approximate surface area is 168 Å². The van der Waals surface area contributed by atoms with Gasteiger partial charge in [-0.15, -0.1) is 11.3 Å². The molecule has 0 aliphatic carbocycles.